The Balaban J connectivity index is 2.09. The molecule has 0 amide bonds. The van der Waals surface area contributed by atoms with E-state index in [1.54, 1.807) is 6.20 Å². The number of nitrogens with two attached hydrogens (primary N) is 1. The van der Waals surface area contributed by atoms with Gasteiger partial charge in [-0.05, 0) is 42.5 Å². The zero-order chi connectivity index (χ0) is 14.1. The molecule has 3 N–H and O–H groups in total. The molecule has 20 heavy (non-hydrogen) atoms. The quantitative estimate of drug-likeness (QED) is 0.642. The van der Waals surface area contributed by atoms with Crippen LogP contribution in [-0.4, -0.2) is 4.98 Å². The summed E-state index contributed by atoms with van der Waals surface area (Å²) in [6, 6.07) is 13.3. The number of rotatable bonds is 2. The number of fused-ring (bicyclic) bond motifs is 1. The second kappa shape index (κ2) is 5.31. The first-order chi connectivity index (χ1) is 9.63. The monoisotopic (exact) mass is 347 g/mol. The minimum Gasteiger partial charge on any atom is -0.399 e. The van der Waals surface area contributed by atoms with Crippen LogP contribution in [0.2, 0.25) is 5.02 Å². The van der Waals surface area contributed by atoms with Gasteiger partial charge >= 0.3 is 0 Å². The van der Waals surface area contributed by atoms with Gasteiger partial charge in [0.1, 0.15) is 0 Å². The number of anilines is 3. The molecule has 0 saturated heterocycles. The lowest BCUT2D eigenvalue weighted by atomic mass is 10.1. The van der Waals surface area contributed by atoms with E-state index in [-0.39, 0.29) is 0 Å². The van der Waals surface area contributed by atoms with Crippen molar-refractivity contribution in [1.29, 1.82) is 0 Å². The van der Waals surface area contributed by atoms with Gasteiger partial charge in [0.05, 0.1) is 16.2 Å². The molecule has 0 spiro atoms. The summed E-state index contributed by atoms with van der Waals surface area (Å²) in [6.45, 7) is 0. The molecule has 0 saturated carbocycles. The third-order valence-corrected chi connectivity index (χ3v) is 3.79. The fourth-order valence-corrected chi connectivity index (χ4v) is 2.54. The van der Waals surface area contributed by atoms with Crippen molar-refractivity contribution in [3.8, 4) is 0 Å². The van der Waals surface area contributed by atoms with Gasteiger partial charge in [-0.1, -0.05) is 27.5 Å². The number of hydrogen-bond acceptors (Lipinski definition) is 3. The van der Waals surface area contributed by atoms with Gasteiger partial charge in [-0.15, -0.1) is 0 Å². The molecule has 0 aliphatic heterocycles. The van der Waals surface area contributed by atoms with Crippen molar-refractivity contribution in [2.45, 2.75) is 0 Å². The second-order valence-electron chi connectivity index (χ2n) is 4.38. The van der Waals surface area contributed by atoms with Crippen LogP contribution in [-0.2, 0) is 0 Å². The van der Waals surface area contributed by atoms with Gasteiger partial charge in [0.15, 0.2) is 0 Å². The molecule has 0 aliphatic rings. The zero-order valence-electron chi connectivity index (χ0n) is 10.4. The smallest absolute Gasteiger partial charge is 0.0743 e. The van der Waals surface area contributed by atoms with Crippen molar-refractivity contribution < 1.29 is 0 Å². The summed E-state index contributed by atoms with van der Waals surface area (Å²) in [5.41, 5.74) is 9.11. The van der Waals surface area contributed by atoms with E-state index in [4.69, 9.17) is 17.3 Å². The highest BCUT2D eigenvalue weighted by molar-refractivity contribution is 9.10. The van der Waals surface area contributed by atoms with E-state index in [0.717, 1.165) is 26.8 Å². The minimum absolute atomic E-state index is 0.661. The van der Waals surface area contributed by atoms with Gasteiger partial charge in [-0.25, -0.2) is 0 Å². The van der Waals surface area contributed by atoms with Crippen molar-refractivity contribution in [3.63, 3.8) is 0 Å². The third kappa shape index (κ3) is 2.57. The van der Waals surface area contributed by atoms with Crippen molar-refractivity contribution in [1.82, 2.24) is 4.98 Å². The molecule has 100 valence electrons. The van der Waals surface area contributed by atoms with Gasteiger partial charge in [0.2, 0.25) is 0 Å². The van der Waals surface area contributed by atoms with Gasteiger partial charge in [0.25, 0.3) is 0 Å². The Morgan fingerprint density at radius 2 is 1.90 bits per heavy atom. The maximum absolute atomic E-state index is 6.20. The first kappa shape index (κ1) is 13.2. The first-order valence-electron chi connectivity index (χ1n) is 6.00. The van der Waals surface area contributed by atoms with Crippen LogP contribution in [0.3, 0.4) is 0 Å². The molecule has 0 aliphatic carbocycles. The van der Waals surface area contributed by atoms with Gasteiger partial charge < -0.3 is 11.1 Å². The van der Waals surface area contributed by atoms with Crippen LogP contribution in [0.25, 0.3) is 10.9 Å². The molecule has 3 aromatic rings. The molecular formula is C15H11BrClN3. The Hall–Kier alpha value is -1.78. The molecule has 0 fully saturated rings. The van der Waals surface area contributed by atoms with E-state index in [0.29, 0.717) is 10.7 Å². The van der Waals surface area contributed by atoms with E-state index in [2.05, 4.69) is 26.2 Å². The average Bonchev–Trinajstić information content (AvgIpc) is 2.43. The highest BCUT2D eigenvalue weighted by atomic mass is 79.9. The van der Waals surface area contributed by atoms with Gasteiger partial charge in [0, 0.05) is 27.4 Å². The Morgan fingerprint density at radius 1 is 1.05 bits per heavy atom. The number of hydrogen-bond donors (Lipinski definition) is 2. The molecule has 5 heteroatoms. The predicted molar refractivity (Wildman–Crippen MR) is 88.6 cm³/mol. The van der Waals surface area contributed by atoms with E-state index >= 15 is 0 Å². The summed E-state index contributed by atoms with van der Waals surface area (Å²) in [5, 5.41) is 4.99. The van der Waals surface area contributed by atoms with Crippen LogP contribution in [0.5, 0.6) is 0 Å². The summed E-state index contributed by atoms with van der Waals surface area (Å²) < 4.78 is 0.965. The van der Waals surface area contributed by atoms with Crippen LogP contribution in [0.15, 0.2) is 53.1 Å². The van der Waals surface area contributed by atoms with Crippen LogP contribution >= 0.6 is 27.5 Å². The minimum atomic E-state index is 0.661. The topological polar surface area (TPSA) is 50.9 Å². The number of nitrogens with zero attached hydrogens (tertiary/aromatic N) is 1. The van der Waals surface area contributed by atoms with Crippen LogP contribution in [0.1, 0.15) is 0 Å². The van der Waals surface area contributed by atoms with E-state index in [9.17, 15) is 0 Å². The fourth-order valence-electron chi connectivity index (χ4n) is 2.01. The van der Waals surface area contributed by atoms with Crippen molar-refractivity contribution in [3.05, 3.63) is 58.2 Å². The summed E-state index contributed by atoms with van der Waals surface area (Å²) >= 11 is 9.64. The highest BCUT2D eigenvalue weighted by Gasteiger charge is 2.06. The Labute approximate surface area is 129 Å². The fraction of sp³-hybridized carbons (Fsp3) is 0. The molecule has 1 aromatic heterocycles. The molecule has 3 nitrogen and oxygen atoms in total. The normalized spacial score (nSPS) is 10.7. The summed E-state index contributed by atoms with van der Waals surface area (Å²) in [4.78, 5) is 4.32. The van der Waals surface area contributed by atoms with Gasteiger partial charge in [-0.3, -0.25) is 4.98 Å². The number of nitrogens with one attached hydrogen (secondary N) is 1. The maximum atomic E-state index is 6.20. The van der Waals surface area contributed by atoms with Crippen LogP contribution < -0.4 is 11.1 Å². The summed E-state index contributed by atoms with van der Waals surface area (Å²) in [5.74, 6) is 0. The molecule has 1 heterocycles. The van der Waals surface area contributed by atoms with E-state index in [1.165, 1.54) is 0 Å². The molecule has 0 bridgehead atoms. The summed E-state index contributed by atoms with van der Waals surface area (Å²) in [6.07, 6.45) is 1.75. The lowest BCUT2D eigenvalue weighted by Crippen LogP contribution is -1.94. The first-order valence-corrected chi connectivity index (χ1v) is 7.17. The second-order valence-corrected chi connectivity index (χ2v) is 5.71. The standard InChI is InChI=1S/C15H11BrClN3/c16-9-1-4-12(17)15(7-9)20-13-5-6-19-14-8-10(18)2-3-11(13)14/h1-8H,18H2,(H,19,20). The van der Waals surface area contributed by atoms with Crippen LogP contribution in [0.4, 0.5) is 17.1 Å². The highest BCUT2D eigenvalue weighted by Crippen LogP contribution is 2.31. The van der Waals surface area contributed by atoms with Gasteiger partial charge in [-0.2, -0.15) is 0 Å². The van der Waals surface area contributed by atoms with Crippen LogP contribution in [0, 0.1) is 0 Å². The van der Waals surface area contributed by atoms with Crippen molar-refractivity contribution in [2.75, 3.05) is 11.1 Å². The lowest BCUT2D eigenvalue weighted by Gasteiger charge is -2.11. The Bertz CT molecular complexity index is 789. The van der Waals surface area contributed by atoms with Crippen molar-refractivity contribution >= 4 is 55.5 Å². The average molecular weight is 349 g/mol. The van der Waals surface area contributed by atoms with E-state index in [1.807, 2.05) is 42.5 Å². The maximum Gasteiger partial charge on any atom is 0.0743 e. The molecule has 0 radical (unpaired) electrons. The Kier molecular flexibility index (Phi) is 3.51. The zero-order valence-corrected chi connectivity index (χ0v) is 12.7. The Morgan fingerprint density at radius 3 is 2.75 bits per heavy atom. The van der Waals surface area contributed by atoms with E-state index < -0.39 is 0 Å². The lowest BCUT2D eigenvalue weighted by molar-refractivity contribution is 1.40. The number of halogens is 2. The summed E-state index contributed by atoms with van der Waals surface area (Å²) in [7, 11) is 0. The molecule has 0 atom stereocenters. The number of aromatic nitrogens is 1. The molecular weight excluding hydrogens is 338 g/mol. The molecule has 3 rings (SSSR count). The number of benzene rings is 2. The molecule has 0 unspecified atom stereocenters. The number of pyridine rings is 1. The largest absolute Gasteiger partial charge is 0.399 e. The SMILES string of the molecule is Nc1ccc2c(Nc3cc(Br)ccc3Cl)ccnc2c1. The predicted octanol–water partition coefficient (Wildman–Crippen LogP) is 4.98. The van der Waals surface area contributed by atoms with Crippen molar-refractivity contribution in [2.24, 2.45) is 0 Å². The number of nitrogen functional groups attached to an aromatic ring is 1. The molecule has 2 aromatic carbocycles. The third-order valence-electron chi connectivity index (χ3n) is 2.96.